The maximum atomic E-state index is 12.5. The topological polar surface area (TPSA) is 29.3 Å². The largest absolute Gasteiger partial charge is 0.391 e. The number of rotatable bonds is 2. The summed E-state index contributed by atoms with van der Waals surface area (Å²) in [6.45, 7) is 5.28. The summed E-state index contributed by atoms with van der Waals surface area (Å²) in [5, 5.41) is 3.85. The Balaban J connectivity index is 1.91. The van der Waals surface area contributed by atoms with E-state index >= 15 is 0 Å². The highest BCUT2D eigenvalue weighted by atomic mass is 19.4. The van der Waals surface area contributed by atoms with Gasteiger partial charge in [0.2, 0.25) is 0 Å². The van der Waals surface area contributed by atoms with E-state index in [1.165, 1.54) is 0 Å². The van der Waals surface area contributed by atoms with Crippen LogP contribution in [0.1, 0.15) is 29.9 Å². The average Bonchev–Trinajstić information content (AvgIpc) is 2.60. The summed E-state index contributed by atoms with van der Waals surface area (Å²) in [6, 6.07) is 0. The molecule has 1 saturated heterocycles. The predicted molar refractivity (Wildman–Crippen MR) is 60.0 cm³/mol. The molecule has 1 aromatic rings. The van der Waals surface area contributed by atoms with Gasteiger partial charge in [-0.2, -0.15) is 13.2 Å². The van der Waals surface area contributed by atoms with Crippen LogP contribution < -0.4 is 0 Å². The molecule has 0 spiro atoms. The zero-order valence-electron chi connectivity index (χ0n) is 10.5. The molecule has 0 aliphatic carbocycles. The number of piperidine rings is 1. The summed E-state index contributed by atoms with van der Waals surface area (Å²) in [4.78, 5) is 2.04. The highest BCUT2D eigenvalue weighted by Crippen LogP contribution is 2.34. The molecule has 0 saturated carbocycles. The normalized spacial score (nSPS) is 19.4. The second-order valence-electron chi connectivity index (χ2n) is 4.89. The fourth-order valence-electron chi connectivity index (χ4n) is 2.37. The van der Waals surface area contributed by atoms with E-state index in [0.29, 0.717) is 19.6 Å². The molecule has 18 heavy (non-hydrogen) atoms. The number of likely N-dealkylation sites (tertiary alicyclic amines) is 1. The van der Waals surface area contributed by atoms with Crippen molar-refractivity contribution in [3.05, 3.63) is 17.0 Å². The molecule has 0 bridgehead atoms. The maximum absolute atomic E-state index is 12.5. The van der Waals surface area contributed by atoms with E-state index in [1.807, 2.05) is 18.7 Å². The van der Waals surface area contributed by atoms with Crippen molar-refractivity contribution in [1.29, 1.82) is 0 Å². The number of halogens is 3. The molecule has 0 N–H and O–H groups in total. The lowest BCUT2D eigenvalue weighted by Gasteiger charge is -2.32. The van der Waals surface area contributed by atoms with Crippen molar-refractivity contribution >= 4 is 0 Å². The molecule has 1 aliphatic heterocycles. The maximum Gasteiger partial charge on any atom is 0.391 e. The van der Waals surface area contributed by atoms with Crippen molar-refractivity contribution in [2.24, 2.45) is 5.92 Å². The molecule has 3 nitrogen and oxygen atoms in total. The van der Waals surface area contributed by atoms with E-state index in [9.17, 15) is 13.2 Å². The van der Waals surface area contributed by atoms with Gasteiger partial charge >= 0.3 is 6.18 Å². The third kappa shape index (κ3) is 2.85. The van der Waals surface area contributed by atoms with Crippen LogP contribution in [0.15, 0.2) is 4.52 Å². The average molecular weight is 262 g/mol. The smallest absolute Gasteiger partial charge is 0.361 e. The lowest BCUT2D eigenvalue weighted by atomic mass is 9.96. The molecule has 2 rings (SSSR count). The Hall–Kier alpha value is -1.04. The van der Waals surface area contributed by atoms with Crippen LogP contribution in [0.25, 0.3) is 0 Å². The van der Waals surface area contributed by atoms with E-state index in [0.717, 1.165) is 17.0 Å². The first-order chi connectivity index (χ1) is 8.38. The quantitative estimate of drug-likeness (QED) is 0.820. The lowest BCUT2D eigenvalue weighted by molar-refractivity contribution is -0.185. The van der Waals surface area contributed by atoms with Gasteiger partial charge in [0.1, 0.15) is 5.76 Å². The van der Waals surface area contributed by atoms with Crippen molar-refractivity contribution in [2.45, 2.75) is 39.4 Å². The van der Waals surface area contributed by atoms with Gasteiger partial charge in [-0.25, -0.2) is 0 Å². The monoisotopic (exact) mass is 262 g/mol. The Morgan fingerprint density at radius 1 is 1.28 bits per heavy atom. The molecule has 0 aromatic carbocycles. The van der Waals surface area contributed by atoms with Gasteiger partial charge in [-0.1, -0.05) is 5.16 Å². The van der Waals surface area contributed by atoms with Crippen LogP contribution in [-0.4, -0.2) is 29.3 Å². The minimum Gasteiger partial charge on any atom is -0.361 e. The van der Waals surface area contributed by atoms with E-state index in [-0.39, 0.29) is 12.8 Å². The van der Waals surface area contributed by atoms with Gasteiger partial charge in [-0.3, -0.25) is 4.90 Å². The molecule has 1 aromatic heterocycles. The highest BCUT2D eigenvalue weighted by Gasteiger charge is 2.41. The lowest BCUT2D eigenvalue weighted by Crippen LogP contribution is -2.38. The van der Waals surface area contributed by atoms with Crippen LogP contribution in [0.3, 0.4) is 0 Å². The highest BCUT2D eigenvalue weighted by molar-refractivity contribution is 5.20. The first kappa shape index (κ1) is 13.4. The van der Waals surface area contributed by atoms with E-state index in [2.05, 4.69) is 5.16 Å². The number of nitrogens with zero attached hydrogens (tertiary/aromatic N) is 2. The first-order valence-electron chi connectivity index (χ1n) is 6.08. The Morgan fingerprint density at radius 3 is 2.33 bits per heavy atom. The van der Waals surface area contributed by atoms with Crippen molar-refractivity contribution in [1.82, 2.24) is 10.1 Å². The standard InChI is InChI=1S/C12H17F3N2O/c1-8-11(9(2)18-16-8)7-17-5-3-10(4-6-17)12(13,14)15/h10H,3-7H2,1-2H3. The van der Waals surface area contributed by atoms with Gasteiger partial charge in [0, 0.05) is 12.1 Å². The van der Waals surface area contributed by atoms with E-state index < -0.39 is 12.1 Å². The van der Waals surface area contributed by atoms with Crippen LogP contribution in [0, 0.1) is 19.8 Å². The molecule has 0 unspecified atom stereocenters. The van der Waals surface area contributed by atoms with Gasteiger partial charge in [-0.05, 0) is 39.8 Å². The Bertz CT molecular complexity index is 386. The number of hydrogen-bond donors (Lipinski definition) is 0. The van der Waals surface area contributed by atoms with Gasteiger partial charge < -0.3 is 4.52 Å². The summed E-state index contributed by atoms with van der Waals surface area (Å²) < 4.78 is 42.6. The molecule has 0 radical (unpaired) electrons. The van der Waals surface area contributed by atoms with Crippen molar-refractivity contribution in [2.75, 3.05) is 13.1 Å². The minimum absolute atomic E-state index is 0.187. The van der Waals surface area contributed by atoms with Crippen molar-refractivity contribution in [3.8, 4) is 0 Å². The van der Waals surface area contributed by atoms with Crippen LogP contribution in [0.4, 0.5) is 13.2 Å². The van der Waals surface area contributed by atoms with Crippen molar-refractivity contribution < 1.29 is 17.7 Å². The Kier molecular flexibility index (Phi) is 3.66. The summed E-state index contributed by atoms with van der Waals surface area (Å²) in [5.74, 6) is -0.385. The Labute approximate surface area is 104 Å². The number of aromatic nitrogens is 1. The van der Waals surface area contributed by atoms with Crippen LogP contribution >= 0.6 is 0 Å². The fraction of sp³-hybridized carbons (Fsp3) is 0.750. The summed E-state index contributed by atoms with van der Waals surface area (Å²) in [6.07, 6.45) is -3.67. The van der Waals surface area contributed by atoms with Gasteiger partial charge in [0.05, 0.1) is 11.6 Å². The SMILES string of the molecule is Cc1noc(C)c1CN1CCC(C(F)(F)F)CC1. The summed E-state index contributed by atoms with van der Waals surface area (Å²) >= 11 is 0. The van der Waals surface area contributed by atoms with Crippen LogP contribution in [0.5, 0.6) is 0 Å². The van der Waals surface area contributed by atoms with Gasteiger partial charge in [-0.15, -0.1) is 0 Å². The third-order valence-electron chi connectivity index (χ3n) is 3.61. The number of hydrogen-bond acceptors (Lipinski definition) is 3. The first-order valence-corrected chi connectivity index (χ1v) is 6.08. The fourth-order valence-corrected chi connectivity index (χ4v) is 2.37. The second-order valence-corrected chi connectivity index (χ2v) is 4.89. The molecule has 6 heteroatoms. The number of aryl methyl sites for hydroxylation is 2. The molecular formula is C12H17F3N2O. The molecule has 1 aliphatic rings. The molecular weight excluding hydrogens is 245 g/mol. The molecule has 102 valence electrons. The van der Waals surface area contributed by atoms with Gasteiger partial charge in [0.15, 0.2) is 0 Å². The number of alkyl halides is 3. The molecule has 0 atom stereocenters. The van der Waals surface area contributed by atoms with Crippen LogP contribution in [-0.2, 0) is 6.54 Å². The zero-order valence-corrected chi connectivity index (χ0v) is 10.5. The second kappa shape index (κ2) is 4.91. The zero-order chi connectivity index (χ0) is 13.3. The van der Waals surface area contributed by atoms with Crippen molar-refractivity contribution in [3.63, 3.8) is 0 Å². The van der Waals surface area contributed by atoms with Crippen LogP contribution in [0.2, 0.25) is 0 Å². The third-order valence-corrected chi connectivity index (χ3v) is 3.61. The van der Waals surface area contributed by atoms with E-state index in [4.69, 9.17) is 4.52 Å². The molecule has 2 heterocycles. The van der Waals surface area contributed by atoms with Gasteiger partial charge in [0.25, 0.3) is 0 Å². The minimum atomic E-state index is -4.05. The predicted octanol–water partition coefficient (Wildman–Crippen LogP) is 3.07. The van der Waals surface area contributed by atoms with E-state index in [1.54, 1.807) is 0 Å². The Morgan fingerprint density at radius 2 is 1.89 bits per heavy atom. The molecule has 0 amide bonds. The summed E-state index contributed by atoms with van der Waals surface area (Å²) in [5.41, 5.74) is 1.82. The molecule has 1 fully saturated rings. The summed E-state index contributed by atoms with van der Waals surface area (Å²) in [7, 11) is 0.